The van der Waals surface area contributed by atoms with Gasteiger partial charge in [-0.2, -0.15) is 13.2 Å². The smallest absolute Gasteiger partial charge is 0.269 e. The van der Waals surface area contributed by atoms with Gasteiger partial charge in [-0.05, 0) is 62.9 Å². The van der Waals surface area contributed by atoms with Gasteiger partial charge in [-0.3, -0.25) is 4.57 Å². The second-order valence-corrected chi connectivity index (χ2v) is 12.4. The van der Waals surface area contributed by atoms with Crippen LogP contribution in [0, 0.1) is 11.6 Å². The standard InChI is InChI=1S/C32H30F3NS/c1-30(2,3)27-19-25(17-23-9-6-7-11-26(23)27)36-16-8-10-24-18-28(37-29(24)36)22-14-12-21(13-15-22)20-31(4,5)32(33,34)35/h6-15,17-19H,20H2,1-5H3. The van der Waals surface area contributed by atoms with E-state index < -0.39 is 11.6 Å². The minimum atomic E-state index is -4.24. The van der Waals surface area contributed by atoms with Gasteiger partial charge in [0.25, 0.3) is 0 Å². The molecule has 0 atom stereocenters. The summed E-state index contributed by atoms with van der Waals surface area (Å²) in [6, 6.07) is 26.5. The van der Waals surface area contributed by atoms with Crippen LogP contribution in [-0.4, -0.2) is 6.18 Å². The van der Waals surface area contributed by atoms with Crippen molar-refractivity contribution >= 4 is 32.3 Å². The molecule has 0 aliphatic rings. The molecule has 0 spiro atoms. The second-order valence-electron chi connectivity index (χ2n) is 11.4. The van der Waals surface area contributed by atoms with Gasteiger partial charge in [-0.1, -0.05) is 89.2 Å². The van der Waals surface area contributed by atoms with E-state index in [1.54, 1.807) is 11.3 Å². The number of fused-ring (bicyclic) bond motifs is 2. The summed E-state index contributed by atoms with van der Waals surface area (Å²) in [7, 11) is 0. The summed E-state index contributed by atoms with van der Waals surface area (Å²) in [6.45, 7) is 9.20. The lowest BCUT2D eigenvalue weighted by Gasteiger charge is -2.27. The Morgan fingerprint density at radius 1 is 0.811 bits per heavy atom. The van der Waals surface area contributed by atoms with Crippen LogP contribution in [0.3, 0.4) is 0 Å². The molecule has 3 aromatic carbocycles. The number of hydrogen-bond acceptors (Lipinski definition) is 1. The van der Waals surface area contributed by atoms with Gasteiger partial charge in [0.2, 0.25) is 0 Å². The quantitative estimate of drug-likeness (QED) is 0.165. The lowest BCUT2D eigenvalue weighted by molar-refractivity contribution is -0.569. The topological polar surface area (TPSA) is 3.88 Å². The van der Waals surface area contributed by atoms with Crippen molar-refractivity contribution < 1.29 is 17.7 Å². The number of rotatable bonds is 4. The fourth-order valence-electron chi connectivity index (χ4n) is 4.73. The third kappa shape index (κ3) is 4.89. The highest BCUT2D eigenvalue weighted by Gasteiger charge is 2.46. The van der Waals surface area contributed by atoms with Crippen molar-refractivity contribution in [2.24, 2.45) is 5.41 Å². The first kappa shape index (κ1) is 25.5. The van der Waals surface area contributed by atoms with Crippen molar-refractivity contribution in [2.45, 2.75) is 52.6 Å². The number of halogens is 3. The summed E-state index contributed by atoms with van der Waals surface area (Å²) in [5.74, 6) is 0. The Balaban J connectivity index is 1.55. The molecule has 2 heterocycles. The third-order valence-electron chi connectivity index (χ3n) is 6.97. The normalized spacial score (nSPS) is 13.0. The summed E-state index contributed by atoms with van der Waals surface area (Å²) in [5.41, 5.74) is 2.24. The minimum absolute atomic E-state index is 0.0207. The molecule has 0 N–H and O–H groups in total. The van der Waals surface area contributed by atoms with Gasteiger partial charge < -0.3 is 0 Å². The Morgan fingerprint density at radius 2 is 1.51 bits per heavy atom. The molecule has 0 unspecified atom stereocenters. The molecule has 0 aliphatic carbocycles. The Kier molecular flexibility index (Phi) is 6.18. The summed E-state index contributed by atoms with van der Waals surface area (Å²) in [5, 5.41) is 3.55. The van der Waals surface area contributed by atoms with Crippen molar-refractivity contribution in [3.63, 3.8) is 0 Å². The van der Waals surface area contributed by atoms with E-state index in [1.165, 1.54) is 30.2 Å². The van der Waals surface area contributed by atoms with Crippen molar-refractivity contribution in [2.75, 3.05) is 0 Å². The Morgan fingerprint density at radius 3 is 2.19 bits per heavy atom. The van der Waals surface area contributed by atoms with Gasteiger partial charge in [0.15, 0.2) is 11.0 Å². The fraction of sp³-hybridized carbons (Fsp3) is 0.281. The molecule has 0 radical (unpaired) electrons. The summed E-state index contributed by atoms with van der Waals surface area (Å²) < 4.78 is 42.1. The van der Waals surface area contributed by atoms with E-state index in [1.807, 2.05) is 30.3 Å². The van der Waals surface area contributed by atoms with Gasteiger partial charge in [0.1, 0.15) is 5.69 Å². The summed E-state index contributed by atoms with van der Waals surface area (Å²) in [4.78, 5) is 2.15. The molecular formula is C32H30F3NS. The number of nitrogens with zero attached hydrogens (tertiary/aromatic N) is 1. The molecule has 5 rings (SSSR count). The second kappa shape index (κ2) is 8.98. The molecule has 0 fully saturated rings. The zero-order valence-electron chi connectivity index (χ0n) is 21.7. The van der Waals surface area contributed by atoms with Crippen molar-refractivity contribution in [1.29, 1.82) is 0 Å². The van der Waals surface area contributed by atoms with Crippen LogP contribution < -0.4 is 4.57 Å². The van der Waals surface area contributed by atoms with Gasteiger partial charge in [-0.25, -0.2) is 0 Å². The van der Waals surface area contributed by atoms with Crippen molar-refractivity contribution in [3.8, 4) is 16.1 Å². The van der Waals surface area contributed by atoms with Crippen LogP contribution in [0.15, 0.2) is 78.9 Å². The SMILES string of the molecule is CC(C)(C)c1cc(-[n+]2[c-]ccc3cc(-c4ccc(CC(C)(C)C(F)(F)F)cc4)sc32)cc2ccccc12. The molecule has 0 bridgehead atoms. The third-order valence-corrected chi connectivity index (χ3v) is 8.16. The Bertz CT molecular complexity index is 1590. The molecule has 37 heavy (non-hydrogen) atoms. The number of benzene rings is 3. The number of thiophene rings is 1. The van der Waals surface area contributed by atoms with E-state index in [4.69, 9.17) is 0 Å². The average Bonchev–Trinajstić information content (AvgIpc) is 3.27. The first-order valence-corrected chi connectivity index (χ1v) is 13.2. The molecule has 0 saturated carbocycles. The van der Waals surface area contributed by atoms with E-state index >= 15 is 0 Å². The Labute approximate surface area is 220 Å². The molecular weight excluding hydrogens is 487 g/mol. The van der Waals surface area contributed by atoms with E-state index in [0.29, 0.717) is 5.56 Å². The fourth-order valence-corrected chi connectivity index (χ4v) is 5.87. The predicted octanol–water partition coefficient (Wildman–Crippen LogP) is 9.23. The van der Waals surface area contributed by atoms with E-state index in [9.17, 15) is 13.2 Å². The summed E-state index contributed by atoms with van der Waals surface area (Å²) >= 11 is 1.67. The van der Waals surface area contributed by atoms with Gasteiger partial charge in [-0.15, -0.1) is 17.4 Å². The molecule has 5 heteroatoms. The molecule has 1 nitrogen and oxygen atoms in total. The number of hydrogen-bond donors (Lipinski definition) is 0. The van der Waals surface area contributed by atoms with Crippen LogP contribution in [0.5, 0.6) is 0 Å². The Hall–Kier alpha value is -3.18. The predicted molar refractivity (Wildman–Crippen MR) is 147 cm³/mol. The molecule has 0 aliphatic heterocycles. The molecule has 0 amide bonds. The highest BCUT2D eigenvalue weighted by Crippen LogP contribution is 2.41. The maximum atomic E-state index is 13.3. The minimum Gasteiger partial charge on any atom is -0.269 e. The summed E-state index contributed by atoms with van der Waals surface area (Å²) in [6.07, 6.45) is -0.879. The van der Waals surface area contributed by atoms with E-state index in [-0.39, 0.29) is 11.8 Å². The van der Waals surface area contributed by atoms with Gasteiger partial charge >= 0.3 is 6.18 Å². The average molecular weight is 518 g/mol. The first-order valence-electron chi connectivity index (χ1n) is 12.4. The van der Waals surface area contributed by atoms with E-state index in [0.717, 1.165) is 26.3 Å². The van der Waals surface area contributed by atoms with E-state index in [2.05, 4.69) is 80.1 Å². The van der Waals surface area contributed by atoms with Crippen LogP contribution in [0.4, 0.5) is 13.2 Å². The van der Waals surface area contributed by atoms with Gasteiger partial charge in [0, 0.05) is 4.88 Å². The molecule has 0 saturated heterocycles. The van der Waals surface area contributed by atoms with Crippen LogP contribution in [0.25, 0.3) is 37.1 Å². The molecule has 190 valence electrons. The monoisotopic (exact) mass is 517 g/mol. The highest BCUT2D eigenvalue weighted by atomic mass is 32.1. The van der Waals surface area contributed by atoms with Crippen LogP contribution >= 0.6 is 11.3 Å². The lowest BCUT2D eigenvalue weighted by Crippen LogP contribution is -2.34. The number of pyridine rings is 1. The first-order chi connectivity index (χ1) is 17.3. The van der Waals surface area contributed by atoms with Crippen LogP contribution in [0.1, 0.15) is 45.7 Å². The van der Waals surface area contributed by atoms with Crippen LogP contribution in [-0.2, 0) is 11.8 Å². The van der Waals surface area contributed by atoms with Gasteiger partial charge in [0.05, 0.1) is 5.41 Å². The largest absolute Gasteiger partial charge is 0.394 e. The molecule has 5 aromatic rings. The number of aromatic nitrogens is 1. The molecule has 2 aromatic heterocycles. The zero-order valence-corrected chi connectivity index (χ0v) is 22.5. The van der Waals surface area contributed by atoms with Crippen molar-refractivity contribution in [1.82, 2.24) is 0 Å². The highest BCUT2D eigenvalue weighted by molar-refractivity contribution is 7.21. The maximum Gasteiger partial charge on any atom is 0.394 e. The van der Waals surface area contributed by atoms with Crippen LogP contribution in [0.2, 0.25) is 0 Å². The zero-order chi connectivity index (χ0) is 26.6. The maximum absolute atomic E-state index is 13.3. The van der Waals surface area contributed by atoms with Crippen molar-refractivity contribution in [3.05, 3.63) is 96.2 Å². The number of alkyl halides is 3. The lowest BCUT2D eigenvalue weighted by atomic mass is 9.83.